The summed E-state index contributed by atoms with van der Waals surface area (Å²) in [5.74, 6) is -0.767. The molecule has 3 N–H and O–H groups in total. The zero-order valence-electron chi connectivity index (χ0n) is 22.5. The van der Waals surface area contributed by atoms with Gasteiger partial charge >= 0.3 is 0 Å². The molecule has 5 aromatic rings. The van der Waals surface area contributed by atoms with Gasteiger partial charge in [-0.15, -0.1) is 0 Å². The van der Waals surface area contributed by atoms with E-state index in [4.69, 9.17) is 0 Å². The molecule has 0 amide bonds. The van der Waals surface area contributed by atoms with Gasteiger partial charge < -0.3 is 5.11 Å². The predicted molar refractivity (Wildman–Crippen MR) is 150 cm³/mol. The van der Waals surface area contributed by atoms with E-state index < -0.39 is 5.92 Å². The number of nitrogens with zero attached hydrogens (tertiary/aromatic N) is 2. The third-order valence-electron chi connectivity index (χ3n) is 7.25. The molecule has 38 heavy (non-hydrogen) atoms. The van der Waals surface area contributed by atoms with Crippen LogP contribution in [-0.4, -0.2) is 24.7 Å². The minimum absolute atomic E-state index is 0.0219. The van der Waals surface area contributed by atoms with Gasteiger partial charge in [0.05, 0.1) is 28.4 Å². The molecule has 0 saturated carbocycles. The van der Waals surface area contributed by atoms with E-state index >= 15 is 0 Å². The molecule has 0 saturated heterocycles. The quantitative estimate of drug-likeness (QED) is 0.297. The fourth-order valence-corrected chi connectivity index (χ4v) is 5.44. The molecular formula is C31H32N4O3. The third-order valence-corrected chi connectivity index (χ3v) is 7.25. The van der Waals surface area contributed by atoms with Crippen molar-refractivity contribution in [2.45, 2.75) is 47.5 Å². The number of nitrogens with one attached hydrogen (secondary N) is 2. The van der Waals surface area contributed by atoms with Gasteiger partial charge in [-0.3, -0.25) is 19.8 Å². The molecule has 3 aromatic carbocycles. The van der Waals surface area contributed by atoms with E-state index in [0.717, 1.165) is 33.6 Å². The summed E-state index contributed by atoms with van der Waals surface area (Å²) < 4.78 is 3.05. The highest BCUT2D eigenvalue weighted by atomic mass is 16.3. The number of hydrogen-bond donors (Lipinski definition) is 3. The third kappa shape index (κ3) is 4.10. The van der Waals surface area contributed by atoms with Crippen LogP contribution in [0.2, 0.25) is 0 Å². The summed E-state index contributed by atoms with van der Waals surface area (Å²) in [6.45, 7) is 11.6. The van der Waals surface area contributed by atoms with Crippen molar-refractivity contribution in [1.29, 1.82) is 0 Å². The molecule has 5 rings (SSSR count). The molecule has 0 atom stereocenters. The fraction of sp³-hybridized carbons (Fsp3) is 0.226. The second-order valence-corrected chi connectivity index (χ2v) is 10.2. The highest BCUT2D eigenvalue weighted by Crippen LogP contribution is 2.36. The molecule has 2 aromatic heterocycles. The lowest BCUT2D eigenvalue weighted by molar-refractivity contribution is 0.467. The number of hydrogen-bond acceptors (Lipinski definition) is 3. The van der Waals surface area contributed by atoms with Gasteiger partial charge in [0, 0.05) is 17.0 Å². The summed E-state index contributed by atoms with van der Waals surface area (Å²) in [7, 11) is 0. The van der Waals surface area contributed by atoms with Gasteiger partial charge in [0.15, 0.2) is 0 Å². The van der Waals surface area contributed by atoms with E-state index in [1.54, 1.807) is 24.3 Å². The minimum atomic E-state index is -0.789. The molecule has 194 valence electrons. The molecule has 0 aliphatic carbocycles. The van der Waals surface area contributed by atoms with Gasteiger partial charge in [0.25, 0.3) is 11.1 Å². The normalized spacial score (nSPS) is 11.4. The van der Waals surface area contributed by atoms with Gasteiger partial charge in [-0.05, 0) is 70.9 Å². The first-order valence-electron chi connectivity index (χ1n) is 12.6. The average molecular weight is 509 g/mol. The number of phenols is 1. The lowest BCUT2D eigenvalue weighted by atomic mass is 9.85. The van der Waals surface area contributed by atoms with E-state index in [1.165, 1.54) is 9.36 Å². The molecule has 0 fully saturated rings. The Morgan fingerprint density at radius 1 is 0.658 bits per heavy atom. The number of rotatable bonds is 5. The summed E-state index contributed by atoms with van der Waals surface area (Å²) in [5, 5.41) is 17.4. The van der Waals surface area contributed by atoms with Crippen LogP contribution in [0.1, 0.15) is 56.2 Å². The van der Waals surface area contributed by atoms with Crippen LogP contribution in [0.25, 0.3) is 11.4 Å². The monoisotopic (exact) mass is 508 g/mol. The second kappa shape index (κ2) is 9.41. The first-order valence-corrected chi connectivity index (χ1v) is 12.6. The number of aromatic nitrogens is 4. The topological polar surface area (TPSA) is 95.8 Å². The molecule has 2 heterocycles. The molecule has 7 heteroatoms. The SMILES string of the molecule is Cc1ccc(-n2[nH]c(C)c(C(c3ccccc3O)c3c(C)[nH]n(-c4ccc(C)cc4C)c3=O)c2=O)c(C)c1. The lowest BCUT2D eigenvalue weighted by Gasteiger charge is -2.17. The Kier molecular flexibility index (Phi) is 6.23. The van der Waals surface area contributed by atoms with E-state index in [9.17, 15) is 14.7 Å². The minimum Gasteiger partial charge on any atom is -0.508 e. The van der Waals surface area contributed by atoms with Gasteiger partial charge in [-0.1, -0.05) is 53.6 Å². The van der Waals surface area contributed by atoms with Crippen molar-refractivity contribution >= 4 is 0 Å². The van der Waals surface area contributed by atoms with Gasteiger partial charge in [0.2, 0.25) is 0 Å². The van der Waals surface area contributed by atoms with Crippen LogP contribution >= 0.6 is 0 Å². The average Bonchev–Trinajstić information content (AvgIpc) is 3.30. The van der Waals surface area contributed by atoms with E-state index in [2.05, 4.69) is 10.2 Å². The molecule has 0 aliphatic heterocycles. The zero-order chi connectivity index (χ0) is 27.3. The van der Waals surface area contributed by atoms with Crippen molar-refractivity contribution in [2.75, 3.05) is 0 Å². The number of H-pyrrole nitrogens is 2. The molecule has 0 radical (unpaired) electrons. The molecule has 0 unspecified atom stereocenters. The first-order chi connectivity index (χ1) is 18.1. The maximum atomic E-state index is 14.0. The zero-order valence-corrected chi connectivity index (χ0v) is 22.5. The van der Waals surface area contributed by atoms with Crippen molar-refractivity contribution in [2.24, 2.45) is 0 Å². The van der Waals surface area contributed by atoms with Crippen molar-refractivity contribution in [3.63, 3.8) is 0 Å². The van der Waals surface area contributed by atoms with Crippen molar-refractivity contribution in [1.82, 2.24) is 19.6 Å². The highest BCUT2D eigenvalue weighted by molar-refractivity contribution is 5.52. The van der Waals surface area contributed by atoms with Crippen LogP contribution in [0.3, 0.4) is 0 Å². The fourth-order valence-electron chi connectivity index (χ4n) is 5.44. The van der Waals surface area contributed by atoms with Crippen LogP contribution in [0.5, 0.6) is 5.75 Å². The molecule has 0 spiro atoms. The molecular weight excluding hydrogens is 476 g/mol. The highest BCUT2D eigenvalue weighted by Gasteiger charge is 2.32. The van der Waals surface area contributed by atoms with Crippen LogP contribution in [0, 0.1) is 41.5 Å². The second-order valence-electron chi connectivity index (χ2n) is 10.2. The smallest absolute Gasteiger partial charge is 0.275 e. The van der Waals surface area contributed by atoms with Gasteiger partial charge in [-0.2, -0.15) is 0 Å². The standard InChI is InChI=1S/C31H32N4O3/c1-17-11-13-24(19(3)15-17)34-30(37)27(21(5)32-34)29(23-9-7-8-10-26(23)36)28-22(6)33-35(31(28)38)25-14-12-18(2)16-20(25)4/h7-16,29,32-33,36H,1-6H3. The summed E-state index contributed by atoms with van der Waals surface area (Å²) in [6.07, 6.45) is 0. The summed E-state index contributed by atoms with van der Waals surface area (Å²) in [4.78, 5) is 28.1. The Morgan fingerprint density at radius 2 is 1.11 bits per heavy atom. The Balaban J connectivity index is 1.79. The molecule has 0 aliphatic rings. The number of phenolic OH excluding ortho intramolecular Hbond substituents is 1. The first kappa shape index (κ1) is 25.1. The Hall–Kier alpha value is -4.52. The van der Waals surface area contributed by atoms with Gasteiger partial charge in [-0.25, -0.2) is 9.36 Å². The predicted octanol–water partition coefficient (Wildman–Crippen LogP) is 5.38. The lowest BCUT2D eigenvalue weighted by Crippen LogP contribution is -2.26. The van der Waals surface area contributed by atoms with Crippen LogP contribution in [0.4, 0.5) is 0 Å². The number of aryl methyl sites for hydroxylation is 6. The van der Waals surface area contributed by atoms with E-state index in [0.29, 0.717) is 28.1 Å². The largest absolute Gasteiger partial charge is 0.508 e. The van der Waals surface area contributed by atoms with Crippen molar-refractivity contribution in [3.05, 3.63) is 132 Å². The van der Waals surface area contributed by atoms with Crippen LogP contribution in [0.15, 0.2) is 70.3 Å². The van der Waals surface area contributed by atoms with E-state index in [-0.39, 0.29) is 16.9 Å². The molecule has 7 nitrogen and oxygen atoms in total. The number of aromatic amines is 2. The summed E-state index contributed by atoms with van der Waals surface area (Å²) in [6, 6.07) is 18.7. The number of benzene rings is 3. The van der Waals surface area contributed by atoms with Crippen molar-refractivity contribution < 1.29 is 5.11 Å². The molecule has 0 bridgehead atoms. The Labute approximate surface area is 221 Å². The summed E-state index contributed by atoms with van der Waals surface area (Å²) in [5.41, 5.74) is 7.64. The maximum absolute atomic E-state index is 14.0. The Bertz CT molecular complexity index is 1690. The van der Waals surface area contributed by atoms with Crippen LogP contribution < -0.4 is 11.1 Å². The van der Waals surface area contributed by atoms with Crippen LogP contribution in [-0.2, 0) is 0 Å². The van der Waals surface area contributed by atoms with Gasteiger partial charge in [0.1, 0.15) is 5.75 Å². The number of para-hydroxylation sites is 1. The number of aromatic hydroxyl groups is 1. The van der Waals surface area contributed by atoms with Crippen molar-refractivity contribution in [3.8, 4) is 17.1 Å². The Morgan fingerprint density at radius 3 is 1.53 bits per heavy atom. The maximum Gasteiger partial charge on any atom is 0.275 e. The summed E-state index contributed by atoms with van der Waals surface area (Å²) >= 11 is 0. The van der Waals surface area contributed by atoms with E-state index in [1.807, 2.05) is 77.9 Å².